The summed E-state index contributed by atoms with van der Waals surface area (Å²) in [6.07, 6.45) is 5.33. The second-order valence-corrected chi connectivity index (χ2v) is 6.65. The fraction of sp³-hybridized carbons (Fsp3) is 0.579. The Morgan fingerprint density at radius 2 is 1.50 bits per heavy atom. The summed E-state index contributed by atoms with van der Waals surface area (Å²) in [5.41, 5.74) is 3.51. The predicted molar refractivity (Wildman–Crippen MR) is 87.9 cm³/mol. The molecule has 24 heavy (non-hydrogen) atoms. The van der Waals surface area contributed by atoms with E-state index in [0.717, 1.165) is 65.7 Å². The van der Waals surface area contributed by atoms with Gasteiger partial charge in [-0.05, 0) is 49.3 Å². The summed E-state index contributed by atoms with van der Waals surface area (Å²) in [6.45, 7) is 1.95. The van der Waals surface area contributed by atoms with Crippen LogP contribution in [0.2, 0.25) is 0 Å². The normalized spacial score (nSPS) is 22.2. The van der Waals surface area contributed by atoms with Crippen molar-refractivity contribution in [3.05, 3.63) is 33.6 Å². The van der Waals surface area contributed by atoms with E-state index in [1.165, 1.54) is 14.2 Å². The molecule has 1 saturated carbocycles. The van der Waals surface area contributed by atoms with Crippen molar-refractivity contribution in [3.63, 3.8) is 0 Å². The van der Waals surface area contributed by atoms with Crippen LogP contribution in [0.1, 0.15) is 45.4 Å². The zero-order chi connectivity index (χ0) is 17.5. The van der Waals surface area contributed by atoms with Crippen LogP contribution < -0.4 is 0 Å². The number of esters is 2. The topological polar surface area (TPSA) is 61.8 Å². The highest BCUT2D eigenvalue weighted by molar-refractivity contribution is 6.07. The van der Waals surface area contributed by atoms with Crippen LogP contribution in [-0.4, -0.2) is 33.3 Å². The fourth-order valence-corrected chi connectivity index (χ4v) is 4.48. The molecule has 0 aromatic heterocycles. The summed E-state index contributed by atoms with van der Waals surface area (Å²) in [7, 11) is 4.29. The minimum absolute atomic E-state index is 0.292. The van der Waals surface area contributed by atoms with Crippen LogP contribution >= 0.6 is 0 Å². The Morgan fingerprint density at radius 1 is 0.917 bits per heavy atom. The van der Waals surface area contributed by atoms with E-state index < -0.39 is 17.4 Å². The molecule has 0 N–H and O–H groups in total. The molecule has 0 atom stereocenters. The van der Waals surface area contributed by atoms with Gasteiger partial charge < -0.3 is 14.2 Å². The quantitative estimate of drug-likeness (QED) is 0.586. The Kier molecular flexibility index (Phi) is 4.28. The lowest BCUT2D eigenvalue weighted by Crippen LogP contribution is -2.41. The van der Waals surface area contributed by atoms with Crippen molar-refractivity contribution < 1.29 is 23.8 Å². The van der Waals surface area contributed by atoms with Gasteiger partial charge >= 0.3 is 11.9 Å². The standard InChI is InChI=1S/C19H24O5/c1-11-10-19(17(20)23-3,18(21)24-4)15-12-8-6-5-7-9-13(12)16(22-2)14(11)15/h5-10H2,1-4H3. The molecule has 0 saturated heterocycles. The van der Waals surface area contributed by atoms with Crippen LogP contribution in [-0.2, 0) is 23.8 Å². The second-order valence-electron chi connectivity index (χ2n) is 6.65. The van der Waals surface area contributed by atoms with Crippen LogP contribution in [0.5, 0.6) is 0 Å². The summed E-state index contributed by atoms with van der Waals surface area (Å²) >= 11 is 0. The van der Waals surface area contributed by atoms with E-state index in [4.69, 9.17) is 14.2 Å². The third kappa shape index (κ3) is 2.06. The molecule has 0 unspecified atom stereocenters. The molecule has 3 aliphatic rings. The van der Waals surface area contributed by atoms with E-state index in [0.29, 0.717) is 6.42 Å². The van der Waals surface area contributed by atoms with Gasteiger partial charge in [-0.15, -0.1) is 0 Å². The first kappa shape index (κ1) is 16.8. The van der Waals surface area contributed by atoms with Gasteiger partial charge in [0.05, 0.1) is 21.3 Å². The molecule has 5 nitrogen and oxygen atoms in total. The molecule has 0 aromatic carbocycles. The van der Waals surface area contributed by atoms with Crippen LogP contribution in [0, 0.1) is 5.41 Å². The minimum Gasteiger partial charge on any atom is -0.496 e. The summed E-state index contributed by atoms with van der Waals surface area (Å²) in [5.74, 6) is -0.270. The lowest BCUT2D eigenvalue weighted by Gasteiger charge is -2.27. The largest absolute Gasteiger partial charge is 0.496 e. The van der Waals surface area contributed by atoms with E-state index in [-0.39, 0.29) is 0 Å². The van der Waals surface area contributed by atoms with Gasteiger partial charge in [0, 0.05) is 12.0 Å². The number of methoxy groups -OCH3 is 3. The zero-order valence-electron chi connectivity index (χ0n) is 14.8. The number of carbonyl (C=O) groups excluding carboxylic acids is 2. The molecule has 5 heteroatoms. The van der Waals surface area contributed by atoms with Crippen LogP contribution in [0.15, 0.2) is 33.6 Å². The fourth-order valence-electron chi connectivity index (χ4n) is 4.48. The number of allylic oxidation sites excluding steroid dienone is 4. The van der Waals surface area contributed by atoms with Gasteiger partial charge in [0.1, 0.15) is 5.76 Å². The molecule has 130 valence electrons. The number of hydrogen-bond acceptors (Lipinski definition) is 5. The number of ether oxygens (including phenoxy) is 3. The summed E-state index contributed by atoms with van der Waals surface area (Å²) in [6, 6.07) is 0. The van der Waals surface area contributed by atoms with Crippen molar-refractivity contribution in [1.29, 1.82) is 0 Å². The van der Waals surface area contributed by atoms with Crippen LogP contribution in [0.4, 0.5) is 0 Å². The lowest BCUT2D eigenvalue weighted by molar-refractivity contribution is -0.165. The molecule has 3 aliphatic carbocycles. The Bertz CT molecular complexity index is 677. The van der Waals surface area contributed by atoms with Crippen molar-refractivity contribution in [3.8, 4) is 0 Å². The highest BCUT2D eigenvalue weighted by Crippen LogP contribution is 2.58. The third-order valence-corrected chi connectivity index (χ3v) is 5.43. The average molecular weight is 332 g/mol. The number of carbonyl (C=O) groups is 2. The highest BCUT2D eigenvalue weighted by Gasteiger charge is 2.60. The molecule has 3 rings (SSSR count). The SMILES string of the molecule is COC(=O)C1(C(=O)OC)CC(C)=C2C(OC)=C3CCCCCC3=C21. The maximum absolute atomic E-state index is 12.7. The number of hydrogen-bond donors (Lipinski definition) is 0. The Balaban J connectivity index is 2.27. The second kappa shape index (κ2) is 6.11. The van der Waals surface area contributed by atoms with E-state index >= 15 is 0 Å². The number of rotatable bonds is 3. The zero-order valence-corrected chi connectivity index (χ0v) is 14.8. The van der Waals surface area contributed by atoms with Crippen molar-refractivity contribution in [2.24, 2.45) is 5.41 Å². The molecular weight excluding hydrogens is 308 g/mol. The molecule has 0 amide bonds. The van der Waals surface area contributed by atoms with Gasteiger partial charge in [-0.1, -0.05) is 12.0 Å². The maximum Gasteiger partial charge on any atom is 0.328 e. The summed E-state index contributed by atoms with van der Waals surface area (Å²) < 4.78 is 15.8. The van der Waals surface area contributed by atoms with Crippen LogP contribution in [0.25, 0.3) is 0 Å². The first-order chi connectivity index (χ1) is 11.5. The highest BCUT2D eigenvalue weighted by atomic mass is 16.5. The minimum atomic E-state index is -1.39. The smallest absolute Gasteiger partial charge is 0.328 e. The first-order valence-electron chi connectivity index (χ1n) is 8.41. The van der Waals surface area contributed by atoms with E-state index in [1.54, 1.807) is 7.11 Å². The van der Waals surface area contributed by atoms with Crippen LogP contribution in [0.3, 0.4) is 0 Å². The average Bonchev–Trinajstić information content (AvgIpc) is 2.95. The monoisotopic (exact) mass is 332 g/mol. The van der Waals surface area contributed by atoms with E-state index in [9.17, 15) is 9.59 Å². The maximum atomic E-state index is 12.7. The third-order valence-electron chi connectivity index (χ3n) is 5.43. The van der Waals surface area contributed by atoms with Gasteiger partial charge in [0.2, 0.25) is 0 Å². The van der Waals surface area contributed by atoms with Crippen molar-refractivity contribution >= 4 is 11.9 Å². The first-order valence-corrected chi connectivity index (χ1v) is 8.41. The lowest BCUT2D eigenvalue weighted by atomic mass is 9.77. The van der Waals surface area contributed by atoms with Gasteiger partial charge in [-0.2, -0.15) is 0 Å². The molecule has 0 heterocycles. The molecule has 0 aliphatic heterocycles. The van der Waals surface area contributed by atoms with E-state index in [2.05, 4.69) is 0 Å². The summed E-state index contributed by atoms with van der Waals surface area (Å²) in [5, 5.41) is 0. The van der Waals surface area contributed by atoms with Gasteiger partial charge in [-0.3, -0.25) is 9.59 Å². The Morgan fingerprint density at radius 3 is 2.04 bits per heavy atom. The molecular formula is C19H24O5. The van der Waals surface area contributed by atoms with Gasteiger partial charge in [-0.25, -0.2) is 0 Å². The number of fused-ring (bicyclic) bond motifs is 2. The molecule has 0 spiro atoms. The summed E-state index contributed by atoms with van der Waals surface area (Å²) in [4.78, 5) is 25.5. The van der Waals surface area contributed by atoms with Crippen molar-refractivity contribution in [1.82, 2.24) is 0 Å². The molecule has 1 fully saturated rings. The molecule has 0 bridgehead atoms. The Hall–Kier alpha value is -2.04. The molecule has 0 radical (unpaired) electrons. The van der Waals surface area contributed by atoms with Gasteiger partial charge in [0.25, 0.3) is 0 Å². The van der Waals surface area contributed by atoms with Crippen molar-refractivity contribution in [2.75, 3.05) is 21.3 Å². The molecule has 0 aromatic rings. The van der Waals surface area contributed by atoms with Crippen molar-refractivity contribution in [2.45, 2.75) is 45.4 Å². The Labute approximate surface area is 142 Å². The predicted octanol–water partition coefficient (Wildman–Crippen LogP) is 3.21. The van der Waals surface area contributed by atoms with Gasteiger partial charge in [0.15, 0.2) is 5.41 Å². The van der Waals surface area contributed by atoms with E-state index in [1.807, 2.05) is 6.92 Å².